The Kier molecular flexibility index (Phi) is 9.40. The summed E-state index contributed by atoms with van der Waals surface area (Å²) >= 11 is 0. The molecular formula is C39H28F6N4OPt. The van der Waals surface area contributed by atoms with Crippen LogP contribution in [-0.2, 0) is 33.4 Å². The molecule has 0 aliphatic heterocycles. The SMILES string of the molecule is Cc1cc(C)c(C(F)(F)F)c(-c2cnn(-c3[c-]c(Oc4[c-]c5c(cc4)c4ccccc4n5-c4cc(C(C)C)ccn4)ccc3)c2)c1C(F)(F)F.[Pt+2]. The number of para-hydroxylation sites is 1. The van der Waals surface area contributed by atoms with Crippen LogP contribution in [0.5, 0.6) is 11.5 Å². The maximum Gasteiger partial charge on any atom is 2.00 e. The topological polar surface area (TPSA) is 44.9 Å². The first-order valence-corrected chi connectivity index (χ1v) is 15.7. The van der Waals surface area contributed by atoms with Crippen LogP contribution in [0.2, 0.25) is 0 Å². The summed E-state index contributed by atoms with van der Waals surface area (Å²) < 4.78 is 94.5. The van der Waals surface area contributed by atoms with Crippen LogP contribution >= 0.6 is 0 Å². The molecule has 4 aromatic carbocycles. The first-order chi connectivity index (χ1) is 23.7. The van der Waals surface area contributed by atoms with Gasteiger partial charge in [-0.3, -0.25) is 4.68 Å². The van der Waals surface area contributed by atoms with E-state index in [1.54, 1.807) is 30.5 Å². The average Bonchev–Trinajstić information content (AvgIpc) is 3.67. The van der Waals surface area contributed by atoms with E-state index in [0.717, 1.165) is 65.5 Å². The molecule has 3 aromatic heterocycles. The Morgan fingerprint density at radius 2 is 1.45 bits per heavy atom. The summed E-state index contributed by atoms with van der Waals surface area (Å²) in [6.45, 7) is 6.51. The van der Waals surface area contributed by atoms with Crippen LogP contribution in [0.15, 0.2) is 91.4 Å². The molecule has 0 fully saturated rings. The molecule has 0 atom stereocenters. The minimum Gasteiger partial charge on any atom is -0.509 e. The summed E-state index contributed by atoms with van der Waals surface area (Å²) in [6.07, 6.45) is -6.18. The molecule has 7 rings (SSSR count). The van der Waals surface area contributed by atoms with Crippen molar-refractivity contribution in [1.29, 1.82) is 0 Å². The van der Waals surface area contributed by atoms with Crippen LogP contribution in [0.3, 0.4) is 0 Å². The van der Waals surface area contributed by atoms with E-state index < -0.39 is 29.0 Å². The Bertz CT molecular complexity index is 2370. The fourth-order valence-electron chi connectivity index (χ4n) is 6.43. The Hall–Kier alpha value is -4.89. The van der Waals surface area contributed by atoms with E-state index in [1.165, 1.54) is 4.68 Å². The Morgan fingerprint density at radius 1 is 0.765 bits per heavy atom. The van der Waals surface area contributed by atoms with Crippen molar-refractivity contribution in [2.45, 2.75) is 46.0 Å². The average molecular weight is 878 g/mol. The zero-order chi connectivity index (χ0) is 35.5. The number of aromatic nitrogens is 4. The molecule has 0 aliphatic rings. The minimum absolute atomic E-state index is 0. The standard InChI is InChI=1S/C39H28F6N4O.Pt/c1-22(2)25-14-15-46-34(17-25)49-32-11-6-5-10-30(32)31-13-12-29(19-33(31)49)50-28-9-7-8-27(18-28)48-21-26(20-47-48)35-36(38(40,41)42)23(3)16-24(4)37(35)39(43,44)45;/h5-17,20-22H,1-4H3;/q-2;+2. The Labute approximate surface area is 303 Å². The number of alkyl halides is 6. The summed E-state index contributed by atoms with van der Waals surface area (Å²) in [4.78, 5) is 4.66. The van der Waals surface area contributed by atoms with Crippen molar-refractivity contribution < 1.29 is 52.1 Å². The van der Waals surface area contributed by atoms with E-state index in [9.17, 15) is 26.3 Å². The number of halogens is 6. The van der Waals surface area contributed by atoms with Crippen molar-refractivity contribution in [3.8, 4) is 34.1 Å². The van der Waals surface area contributed by atoms with Crippen molar-refractivity contribution in [1.82, 2.24) is 19.3 Å². The van der Waals surface area contributed by atoms with Gasteiger partial charge in [0.25, 0.3) is 0 Å². The molecule has 5 nitrogen and oxygen atoms in total. The third-order valence-electron chi connectivity index (χ3n) is 8.60. The quantitative estimate of drug-likeness (QED) is 0.123. The van der Waals surface area contributed by atoms with Gasteiger partial charge in [0.2, 0.25) is 0 Å². The molecule has 0 amide bonds. The second kappa shape index (κ2) is 13.3. The van der Waals surface area contributed by atoms with Crippen LogP contribution in [0, 0.1) is 26.0 Å². The van der Waals surface area contributed by atoms with E-state index >= 15 is 0 Å². The summed E-state index contributed by atoms with van der Waals surface area (Å²) in [7, 11) is 0. The maximum absolute atomic E-state index is 14.2. The van der Waals surface area contributed by atoms with Crippen molar-refractivity contribution in [3.05, 3.63) is 131 Å². The molecule has 12 heteroatoms. The fraction of sp³-hybridized carbons (Fsp3) is 0.179. The number of hydrogen-bond acceptors (Lipinski definition) is 3. The molecule has 0 bridgehead atoms. The van der Waals surface area contributed by atoms with Gasteiger partial charge in [-0.2, -0.15) is 43.6 Å². The first kappa shape index (κ1) is 35.9. The van der Waals surface area contributed by atoms with E-state index in [-0.39, 0.29) is 49.2 Å². The maximum atomic E-state index is 14.2. The predicted molar refractivity (Wildman–Crippen MR) is 179 cm³/mol. The van der Waals surface area contributed by atoms with Crippen molar-refractivity contribution >= 4 is 21.8 Å². The summed E-state index contributed by atoms with van der Waals surface area (Å²) in [5.74, 6) is 1.61. The van der Waals surface area contributed by atoms with E-state index in [4.69, 9.17) is 4.74 Å². The molecule has 0 N–H and O–H groups in total. The number of hydrogen-bond donors (Lipinski definition) is 0. The molecular weight excluding hydrogens is 850 g/mol. The zero-order valence-corrected chi connectivity index (χ0v) is 29.8. The number of pyridine rings is 1. The van der Waals surface area contributed by atoms with Gasteiger partial charge in [0, 0.05) is 40.5 Å². The van der Waals surface area contributed by atoms with Gasteiger partial charge < -0.3 is 9.30 Å². The number of benzene rings is 4. The van der Waals surface area contributed by atoms with Gasteiger partial charge >= 0.3 is 33.4 Å². The Balaban J connectivity index is 0.00000448. The molecule has 0 unspecified atom stereocenters. The van der Waals surface area contributed by atoms with Crippen LogP contribution in [0.4, 0.5) is 26.3 Å². The second-order valence-corrected chi connectivity index (χ2v) is 12.3. The van der Waals surface area contributed by atoms with E-state index in [2.05, 4.69) is 36.1 Å². The van der Waals surface area contributed by atoms with Crippen LogP contribution in [-0.4, -0.2) is 19.3 Å². The number of nitrogens with zero attached hydrogens (tertiary/aromatic N) is 4. The third-order valence-corrected chi connectivity index (χ3v) is 8.60. The predicted octanol–water partition coefficient (Wildman–Crippen LogP) is 11.2. The summed E-state index contributed by atoms with van der Waals surface area (Å²) in [5, 5.41) is 6.07. The van der Waals surface area contributed by atoms with Gasteiger partial charge in [0.05, 0.1) is 17.3 Å². The normalized spacial score (nSPS) is 12.1. The number of ether oxygens (including phenoxy) is 1. The van der Waals surface area contributed by atoms with Crippen molar-refractivity contribution in [2.75, 3.05) is 0 Å². The van der Waals surface area contributed by atoms with Crippen LogP contribution in [0.25, 0.3) is 44.4 Å². The molecule has 262 valence electrons. The van der Waals surface area contributed by atoms with Gasteiger partial charge in [-0.25, -0.2) is 4.98 Å². The fourth-order valence-corrected chi connectivity index (χ4v) is 6.43. The number of aryl methyl sites for hydroxylation is 2. The largest absolute Gasteiger partial charge is 2.00 e. The minimum atomic E-state index is -5.04. The third kappa shape index (κ3) is 6.67. The van der Waals surface area contributed by atoms with Gasteiger partial charge in [-0.1, -0.05) is 43.6 Å². The molecule has 0 radical (unpaired) electrons. The molecule has 0 saturated heterocycles. The molecule has 0 saturated carbocycles. The first-order valence-electron chi connectivity index (χ1n) is 15.7. The number of fused-ring (bicyclic) bond motifs is 3. The van der Waals surface area contributed by atoms with Gasteiger partial charge in [0.15, 0.2) is 0 Å². The van der Waals surface area contributed by atoms with Crippen molar-refractivity contribution in [3.63, 3.8) is 0 Å². The zero-order valence-electron chi connectivity index (χ0n) is 27.5. The molecule has 0 spiro atoms. The van der Waals surface area contributed by atoms with Crippen LogP contribution < -0.4 is 4.74 Å². The summed E-state index contributed by atoms with van der Waals surface area (Å²) in [5.41, 5.74) is -1.60. The van der Waals surface area contributed by atoms with E-state index in [1.807, 2.05) is 47.0 Å². The molecule has 0 aliphatic carbocycles. The molecule has 3 heterocycles. The summed E-state index contributed by atoms with van der Waals surface area (Å²) in [6, 6.07) is 27.8. The smallest absolute Gasteiger partial charge is 0.509 e. The van der Waals surface area contributed by atoms with Gasteiger partial charge in [0.1, 0.15) is 5.82 Å². The molecule has 51 heavy (non-hydrogen) atoms. The van der Waals surface area contributed by atoms with Crippen LogP contribution in [0.1, 0.15) is 47.6 Å². The second-order valence-electron chi connectivity index (χ2n) is 12.3. The van der Waals surface area contributed by atoms with Crippen molar-refractivity contribution in [2.24, 2.45) is 0 Å². The van der Waals surface area contributed by atoms with Gasteiger partial charge in [-0.15, -0.1) is 35.7 Å². The molecule has 7 aromatic rings. The number of rotatable bonds is 6. The Morgan fingerprint density at radius 3 is 2.14 bits per heavy atom. The monoisotopic (exact) mass is 877 g/mol. The van der Waals surface area contributed by atoms with Gasteiger partial charge in [-0.05, 0) is 65.7 Å². The van der Waals surface area contributed by atoms with E-state index in [0.29, 0.717) is 11.7 Å².